The molecule has 0 atom stereocenters. The third-order valence-corrected chi connectivity index (χ3v) is 4.32. The fourth-order valence-corrected chi connectivity index (χ4v) is 2.93. The molecular weight excluding hydrogens is 352 g/mol. The summed E-state index contributed by atoms with van der Waals surface area (Å²) in [5.74, 6) is -0.178. The lowest BCUT2D eigenvalue weighted by Crippen LogP contribution is -2.43. The van der Waals surface area contributed by atoms with Crippen LogP contribution in [-0.4, -0.2) is 18.4 Å². The number of hydrazine groups is 1. The fourth-order valence-electron chi connectivity index (χ4n) is 2.93. The molecule has 142 valence electrons. The third kappa shape index (κ3) is 4.76. The Bertz CT molecular complexity index is 1020. The van der Waals surface area contributed by atoms with Crippen LogP contribution in [0, 0.1) is 13.8 Å². The van der Waals surface area contributed by atoms with Crippen LogP contribution in [0.15, 0.2) is 66.7 Å². The van der Waals surface area contributed by atoms with Gasteiger partial charge in [0, 0.05) is 6.08 Å². The Labute approximate surface area is 164 Å². The van der Waals surface area contributed by atoms with E-state index in [1.165, 1.54) is 6.08 Å². The molecule has 2 N–H and O–H groups in total. The Morgan fingerprint density at radius 1 is 0.893 bits per heavy atom. The second-order valence-electron chi connectivity index (χ2n) is 6.45. The van der Waals surface area contributed by atoms with Gasteiger partial charge in [-0.25, -0.2) is 0 Å². The van der Waals surface area contributed by atoms with Crippen LogP contribution in [0.1, 0.15) is 16.7 Å². The minimum absolute atomic E-state index is 0.182. The Hall–Kier alpha value is -3.60. The number of rotatable bonds is 5. The van der Waals surface area contributed by atoms with Gasteiger partial charge in [-0.2, -0.15) is 0 Å². The van der Waals surface area contributed by atoms with Gasteiger partial charge < -0.3 is 4.74 Å². The van der Waals surface area contributed by atoms with Crippen LogP contribution in [0.3, 0.4) is 0 Å². The summed E-state index contributed by atoms with van der Waals surface area (Å²) < 4.78 is 5.56. The summed E-state index contributed by atoms with van der Waals surface area (Å²) >= 11 is 0. The van der Waals surface area contributed by atoms with Crippen molar-refractivity contribution >= 4 is 28.7 Å². The smallest absolute Gasteiger partial charge is 0.276 e. The van der Waals surface area contributed by atoms with Gasteiger partial charge in [-0.1, -0.05) is 60.7 Å². The largest absolute Gasteiger partial charge is 0.483 e. The van der Waals surface area contributed by atoms with E-state index in [0.29, 0.717) is 5.75 Å². The molecule has 5 nitrogen and oxygen atoms in total. The van der Waals surface area contributed by atoms with Crippen molar-refractivity contribution in [1.29, 1.82) is 0 Å². The number of para-hydroxylation sites is 1. The molecular formula is C23H22N2O3. The van der Waals surface area contributed by atoms with Crippen LogP contribution < -0.4 is 15.6 Å². The molecule has 3 rings (SSSR count). The summed E-state index contributed by atoms with van der Waals surface area (Å²) in [5.41, 5.74) is 7.55. The molecule has 0 aliphatic carbocycles. The quantitative estimate of drug-likeness (QED) is 0.529. The third-order valence-electron chi connectivity index (χ3n) is 4.32. The molecule has 28 heavy (non-hydrogen) atoms. The maximum absolute atomic E-state index is 12.0. The lowest BCUT2D eigenvalue weighted by atomic mass is 10.0. The van der Waals surface area contributed by atoms with Crippen LogP contribution in [-0.2, 0) is 9.59 Å². The number of nitrogens with one attached hydrogen (secondary N) is 2. The Balaban J connectivity index is 1.52. The van der Waals surface area contributed by atoms with Gasteiger partial charge in [0.15, 0.2) is 6.61 Å². The summed E-state index contributed by atoms with van der Waals surface area (Å²) in [6, 6.07) is 19.6. The predicted octanol–water partition coefficient (Wildman–Crippen LogP) is 3.70. The molecule has 0 aliphatic rings. The van der Waals surface area contributed by atoms with Crippen LogP contribution >= 0.6 is 0 Å². The highest BCUT2D eigenvalue weighted by molar-refractivity contribution is 5.97. The number of benzene rings is 3. The van der Waals surface area contributed by atoms with E-state index in [0.717, 1.165) is 27.5 Å². The highest BCUT2D eigenvalue weighted by Gasteiger charge is 2.07. The van der Waals surface area contributed by atoms with Crippen molar-refractivity contribution in [3.63, 3.8) is 0 Å². The van der Waals surface area contributed by atoms with Crippen LogP contribution in [0.5, 0.6) is 5.75 Å². The number of hydrogen-bond acceptors (Lipinski definition) is 3. The lowest BCUT2D eigenvalue weighted by molar-refractivity contribution is -0.128. The zero-order valence-electron chi connectivity index (χ0n) is 15.9. The maximum atomic E-state index is 12.0. The maximum Gasteiger partial charge on any atom is 0.276 e. The van der Waals surface area contributed by atoms with E-state index in [1.807, 2.05) is 74.5 Å². The first-order valence-electron chi connectivity index (χ1n) is 8.98. The summed E-state index contributed by atoms with van der Waals surface area (Å²) in [6.07, 6.45) is 3.10. The molecule has 2 amide bonds. The Morgan fingerprint density at radius 2 is 1.57 bits per heavy atom. The fraction of sp³-hybridized carbons (Fsp3) is 0.130. The van der Waals surface area contributed by atoms with Gasteiger partial charge in [0.1, 0.15) is 5.75 Å². The second-order valence-corrected chi connectivity index (χ2v) is 6.45. The van der Waals surface area contributed by atoms with E-state index >= 15 is 0 Å². The second kappa shape index (κ2) is 8.86. The summed E-state index contributed by atoms with van der Waals surface area (Å²) in [4.78, 5) is 23.9. The van der Waals surface area contributed by atoms with Crippen molar-refractivity contribution < 1.29 is 14.3 Å². The van der Waals surface area contributed by atoms with Crippen molar-refractivity contribution in [2.45, 2.75) is 13.8 Å². The molecule has 0 saturated heterocycles. The molecule has 0 fully saturated rings. The highest BCUT2D eigenvalue weighted by atomic mass is 16.5. The Morgan fingerprint density at radius 3 is 2.36 bits per heavy atom. The van der Waals surface area contributed by atoms with Gasteiger partial charge in [0.25, 0.3) is 11.8 Å². The first-order valence-corrected chi connectivity index (χ1v) is 8.98. The average molecular weight is 374 g/mol. The summed E-state index contributed by atoms with van der Waals surface area (Å²) in [6.45, 7) is 3.65. The predicted molar refractivity (Wildman–Crippen MR) is 111 cm³/mol. The number of carbonyl (C=O) groups is 2. The normalized spacial score (nSPS) is 10.8. The number of amides is 2. The molecule has 0 aliphatic heterocycles. The molecule has 0 aromatic heterocycles. The topological polar surface area (TPSA) is 67.4 Å². The van der Waals surface area contributed by atoms with E-state index in [2.05, 4.69) is 10.9 Å². The number of hydrogen-bond donors (Lipinski definition) is 2. The van der Waals surface area contributed by atoms with Crippen molar-refractivity contribution in [2.24, 2.45) is 0 Å². The minimum Gasteiger partial charge on any atom is -0.483 e. The van der Waals surface area contributed by atoms with Gasteiger partial charge in [0.2, 0.25) is 0 Å². The van der Waals surface area contributed by atoms with Crippen LogP contribution in [0.4, 0.5) is 0 Å². The number of aryl methyl sites for hydroxylation is 2. The molecule has 0 spiro atoms. The van der Waals surface area contributed by atoms with E-state index in [-0.39, 0.29) is 6.61 Å². The van der Waals surface area contributed by atoms with Gasteiger partial charge in [-0.15, -0.1) is 0 Å². The van der Waals surface area contributed by atoms with E-state index in [9.17, 15) is 9.59 Å². The molecule has 0 saturated carbocycles. The molecule has 0 radical (unpaired) electrons. The van der Waals surface area contributed by atoms with Crippen molar-refractivity contribution in [3.8, 4) is 5.75 Å². The van der Waals surface area contributed by atoms with Crippen molar-refractivity contribution in [2.75, 3.05) is 6.61 Å². The highest BCUT2D eigenvalue weighted by Crippen LogP contribution is 2.22. The molecule has 3 aromatic carbocycles. The van der Waals surface area contributed by atoms with Gasteiger partial charge in [0.05, 0.1) is 0 Å². The van der Waals surface area contributed by atoms with Crippen molar-refractivity contribution in [1.82, 2.24) is 10.9 Å². The van der Waals surface area contributed by atoms with Crippen LogP contribution in [0.25, 0.3) is 16.8 Å². The van der Waals surface area contributed by atoms with Gasteiger partial charge in [-0.3, -0.25) is 20.4 Å². The summed E-state index contributed by atoms with van der Waals surface area (Å²) in [7, 11) is 0. The SMILES string of the molecule is Cc1cccc(C)c1OCC(=O)NNC(=O)/C=C/c1cccc2ccccc12. The molecule has 0 bridgehead atoms. The first-order chi connectivity index (χ1) is 13.5. The monoisotopic (exact) mass is 374 g/mol. The minimum atomic E-state index is -0.436. The zero-order valence-corrected chi connectivity index (χ0v) is 15.9. The number of ether oxygens (including phenoxy) is 1. The van der Waals surface area contributed by atoms with E-state index in [4.69, 9.17) is 4.74 Å². The number of fused-ring (bicyclic) bond motifs is 1. The number of carbonyl (C=O) groups excluding carboxylic acids is 2. The van der Waals surface area contributed by atoms with Gasteiger partial charge in [-0.05, 0) is 47.4 Å². The summed E-state index contributed by atoms with van der Waals surface area (Å²) in [5, 5.41) is 2.15. The van der Waals surface area contributed by atoms with E-state index in [1.54, 1.807) is 6.08 Å². The average Bonchev–Trinajstić information content (AvgIpc) is 2.70. The molecule has 0 unspecified atom stereocenters. The van der Waals surface area contributed by atoms with Crippen LogP contribution in [0.2, 0.25) is 0 Å². The van der Waals surface area contributed by atoms with Crippen molar-refractivity contribution in [3.05, 3.63) is 83.4 Å². The lowest BCUT2D eigenvalue weighted by Gasteiger charge is -2.12. The first kappa shape index (κ1) is 19.2. The molecule has 0 heterocycles. The zero-order chi connectivity index (χ0) is 19.9. The van der Waals surface area contributed by atoms with E-state index < -0.39 is 11.8 Å². The van der Waals surface area contributed by atoms with Gasteiger partial charge >= 0.3 is 0 Å². The standard InChI is InChI=1S/C23H22N2O3/c1-16-7-5-8-17(2)23(16)28-15-22(27)25-24-21(26)14-13-19-11-6-10-18-9-3-4-12-20(18)19/h3-14H,15H2,1-2H3,(H,24,26)(H,25,27)/b14-13+. The molecule has 5 heteroatoms. The Kier molecular flexibility index (Phi) is 6.07. The molecule has 3 aromatic rings.